The molecule has 32 heavy (non-hydrogen) atoms. The summed E-state index contributed by atoms with van der Waals surface area (Å²) >= 11 is 0. The lowest BCUT2D eigenvalue weighted by molar-refractivity contribution is -0.138. The summed E-state index contributed by atoms with van der Waals surface area (Å²) in [5.74, 6) is 2.83. The maximum atomic E-state index is 13.4. The Balaban J connectivity index is 1.24. The van der Waals surface area contributed by atoms with Crippen molar-refractivity contribution in [3.63, 3.8) is 0 Å². The van der Waals surface area contributed by atoms with Gasteiger partial charge in [0.15, 0.2) is 0 Å². The molecule has 3 heterocycles. The van der Waals surface area contributed by atoms with Gasteiger partial charge in [0.05, 0.1) is 17.9 Å². The Morgan fingerprint density at radius 3 is 2.59 bits per heavy atom. The van der Waals surface area contributed by atoms with Gasteiger partial charge in [0.25, 0.3) is 0 Å². The van der Waals surface area contributed by atoms with E-state index in [0.717, 1.165) is 51.4 Å². The van der Waals surface area contributed by atoms with Crippen LogP contribution in [0.2, 0.25) is 0 Å². The predicted molar refractivity (Wildman–Crippen MR) is 113 cm³/mol. The third-order valence-electron chi connectivity index (χ3n) is 7.86. The molecule has 2 aromatic heterocycles. The molecule has 0 bridgehead atoms. The molecule has 2 unspecified atom stereocenters. The summed E-state index contributed by atoms with van der Waals surface area (Å²) < 4.78 is 48.1. The topological polar surface area (TPSA) is 43.2 Å². The van der Waals surface area contributed by atoms with E-state index in [1.54, 1.807) is 0 Å². The molecule has 0 spiro atoms. The molecule has 0 radical (unpaired) electrons. The van der Waals surface area contributed by atoms with Crippen LogP contribution in [-0.2, 0) is 10.9 Å². The number of nitrogens with zero attached hydrogens (tertiary/aromatic N) is 4. The number of rotatable bonds is 4. The molecule has 6 rings (SSSR count). The zero-order chi connectivity index (χ0) is 22.0. The van der Waals surface area contributed by atoms with Gasteiger partial charge in [-0.15, -0.1) is 0 Å². The van der Waals surface area contributed by atoms with E-state index in [2.05, 4.69) is 14.5 Å². The Labute approximate surface area is 186 Å². The molecule has 0 amide bonds. The highest BCUT2D eigenvalue weighted by molar-refractivity contribution is 5.59. The molecule has 3 saturated carbocycles. The third kappa shape index (κ3) is 3.65. The van der Waals surface area contributed by atoms with Gasteiger partial charge in [-0.05, 0) is 56.9 Å². The number of hydrogen-bond donors (Lipinski definition) is 0. The second-order valence-corrected chi connectivity index (χ2v) is 9.97. The summed E-state index contributed by atoms with van der Waals surface area (Å²) in [5, 5.41) is 0. The SMILES string of the molecule is Cc1ncc(-c2cn(C3[C@H]4CC(N5CCCOCC5)C[C@@H]34)c(C3CC3)n2)cc1C(F)(F)F. The number of pyridine rings is 1. The Kier molecular flexibility index (Phi) is 4.88. The number of halogens is 3. The highest BCUT2D eigenvalue weighted by Gasteiger charge is 2.58. The molecule has 4 aliphatic rings. The molecule has 1 aliphatic heterocycles. The molecule has 5 nitrogen and oxygen atoms in total. The van der Waals surface area contributed by atoms with E-state index in [1.807, 2.05) is 6.20 Å². The van der Waals surface area contributed by atoms with Crippen molar-refractivity contribution in [1.82, 2.24) is 19.4 Å². The summed E-state index contributed by atoms with van der Waals surface area (Å²) in [5.41, 5.74) is 0.405. The van der Waals surface area contributed by atoms with E-state index in [1.165, 1.54) is 32.0 Å². The first kappa shape index (κ1) is 20.7. The highest BCUT2D eigenvalue weighted by atomic mass is 19.4. The average molecular weight is 447 g/mol. The summed E-state index contributed by atoms with van der Waals surface area (Å²) in [6.07, 6.45) is 4.88. The molecule has 4 atom stereocenters. The molecule has 0 N–H and O–H groups in total. The maximum absolute atomic E-state index is 13.4. The van der Waals surface area contributed by atoms with Gasteiger partial charge >= 0.3 is 6.18 Å². The van der Waals surface area contributed by atoms with Crippen LogP contribution in [0, 0.1) is 18.8 Å². The number of imidazole rings is 1. The van der Waals surface area contributed by atoms with Gasteiger partial charge in [-0.3, -0.25) is 9.88 Å². The normalized spacial score (nSPS) is 30.9. The summed E-state index contributed by atoms with van der Waals surface area (Å²) in [7, 11) is 0. The molecule has 2 aromatic rings. The molecule has 8 heteroatoms. The van der Waals surface area contributed by atoms with E-state index in [4.69, 9.17) is 9.72 Å². The second-order valence-electron chi connectivity index (χ2n) is 9.97. The number of hydrogen-bond acceptors (Lipinski definition) is 4. The average Bonchev–Trinajstić information content (AvgIpc) is 3.65. The number of fused-ring (bicyclic) bond motifs is 1. The van der Waals surface area contributed by atoms with Crippen molar-refractivity contribution in [2.75, 3.05) is 26.3 Å². The first-order valence-corrected chi connectivity index (χ1v) is 11.8. The zero-order valence-corrected chi connectivity index (χ0v) is 18.3. The van der Waals surface area contributed by atoms with E-state index in [0.29, 0.717) is 41.1 Å². The molecule has 4 fully saturated rings. The summed E-state index contributed by atoms with van der Waals surface area (Å²) in [4.78, 5) is 11.5. The second kappa shape index (κ2) is 7.55. The number of alkyl halides is 3. The van der Waals surface area contributed by atoms with E-state index >= 15 is 0 Å². The van der Waals surface area contributed by atoms with Crippen LogP contribution in [0.5, 0.6) is 0 Å². The van der Waals surface area contributed by atoms with Crippen LogP contribution >= 0.6 is 0 Å². The third-order valence-corrected chi connectivity index (χ3v) is 7.86. The van der Waals surface area contributed by atoms with Crippen LogP contribution in [0.3, 0.4) is 0 Å². The van der Waals surface area contributed by atoms with Gasteiger partial charge in [-0.1, -0.05) is 0 Å². The standard InChI is InChI=1S/C24H29F3N4O/c1-14-20(24(25,26)27)9-16(12-28-14)21-13-31(23(29-21)15-3-4-15)22-18-10-17(11-19(18)22)30-5-2-7-32-8-6-30/h9,12-13,15,17-19,22H,2-8,10-11H2,1H3/t17?,18-,19+,22?. The van der Waals surface area contributed by atoms with E-state index in [-0.39, 0.29) is 5.69 Å². The Morgan fingerprint density at radius 2 is 1.88 bits per heavy atom. The van der Waals surface area contributed by atoms with Crippen molar-refractivity contribution in [2.24, 2.45) is 11.8 Å². The monoisotopic (exact) mass is 446 g/mol. The molecular formula is C24H29F3N4O. The Bertz CT molecular complexity index is 995. The molecule has 0 aromatic carbocycles. The molecule has 172 valence electrons. The quantitative estimate of drug-likeness (QED) is 0.675. The minimum absolute atomic E-state index is 0.00442. The van der Waals surface area contributed by atoms with Crippen LogP contribution in [0.4, 0.5) is 13.2 Å². The maximum Gasteiger partial charge on any atom is 0.418 e. The lowest BCUT2D eigenvalue weighted by Crippen LogP contribution is -2.36. The lowest BCUT2D eigenvalue weighted by Gasteiger charge is -2.29. The van der Waals surface area contributed by atoms with Gasteiger partial charge in [0.2, 0.25) is 0 Å². The van der Waals surface area contributed by atoms with Crippen molar-refractivity contribution in [1.29, 1.82) is 0 Å². The fourth-order valence-corrected chi connectivity index (χ4v) is 6.01. The number of aromatic nitrogens is 3. The van der Waals surface area contributed by atoms with Crippen molar-refractivity contribution in [3.05, 3.63) is 35.5 Å². The predicted octanol–water partition coefficient (Wildman–Crippen LogP) is 4.82. The fraction of sp³-hybridized carbons (Fsp3) is 0.667. The van der Waals surface area contributed by atoms with Crippen molar-refractivity contribution in [3.8, 4) is 11.3 Å². The summed E-state index contributed by atoms with van der Waals surface area (Å²) in [6.45, 7) is 5.25. The number of ether oxygens (including phenoxy) is 1. The largest absolute Gasteiger partial charge is 0.418 e. The Morgan fingerprint density at radius 1 is 1.09 bits per heavy atom. The van der Waals surface area contributed by atoms with E-state index < -0.39 is 11.7 Å². The van der Waals surface area contributed by atoms with Crippen LogP contribution in [0.1, 0.15) is 61.1 Å². The van der Waals surface area contributed by atoms with Crippen LogP contribution in [0.15, 0.2) is 18.5 Å². The van der Waals surface area contributed by atoms with Crippen LogP contribution in [-0.4, -0.2) is 51.8 Å². The van der Waals surface area contributed by atoms with Crippen molar-refractivity contribution >= 4 is 0 Å². The van der Waals surface area contributed by atoms with Gasteiger partial charge in [-0.2, -0.15) is 13.2 Å². The molecular weight excluding hydrogens is 417 g/mol. The highest BCUT2D eigenvalue weighted by Crippen LogP contribution is 2.62. The van der Waals surface area contributed by atoms with Crippen LogP contribution in [0.25, 0.3) is 11.3 Å². The first-order chi connectivity index (χ1) is 15.4. The van der Waals surface area contributed by atoms with E-state index in [9.17, 15) is 13.2 Å². The molecule has 1 saturated heterocycles. The molecule has 3 aliphatic carbocycles. The first-order valence-electron chi connectivity index (χ1n) is 11.8. The van der Waals surface area contributed by atoms with Crippen molar-refractivity contribution in [2.45, 2.75) is 63.2 Å². The minimum atomic E-state index is -4.41. The number of aryl methyl sites for hydroxylation is 1. The van der Waals surface area contributed by atoms with Gasteiger partial charge in [0, 0.05) is 61.3 Å². The smallest absolute Gasteiger partial charge is 0.380 e. The van der Waals surface area contributed by atoms with Gasteiger partial charge < -0.3 is 9.30 Å². The zero-order valence-electron chi connectivity index (χ0n) is 18.3. The van der Waals surface area contributed by atoms with Gasteiger partial charge in [-0.25, -0.2) is 4.98 Å². The van der Waals surface area contributed by atoms with Gasteiger partial charge in [0.1, 0.15) is 5.82 Å². The Hall–Kier alpha value is -1.93. The summed E-state index contributed by atoms with van der Waals surface area (Å²) in [6, 6.07) is 2.30. The fourth-order valence-electron chi connectivity index (χ4n) is 6.01. The minimum Gasteiger partial charge on any atom is -0.380 e. The van der Waals surface area contributed by atoms with Crippen LogP contribution < -0.4 is 0 Å². The van der Waals surface area contributed by atoms with Crippen molar-refractivity contribution < 1.29 is 17.9 Å². The lowest BCUT2D eigenvalue weighted by atomic mass is 10.1.